The number of H-pyrrole nitrogens is 1. The van der Waals surface area contributed by atoms with E-state index in [0.717, 1.165) is 27.5 Å². The number of carbonyl (C=O) groups excluding carboxylic acids is 2. The fourth-order valence-corrected chi connectivity index (χ4v) is 4.02. The summed E-state index contributed by atoms with van der Waals surface area (Å²) in [6.45, 7) is 3.81. The number of hydrogen-bond donors (Lipinski definition) is 2. The zero-order valence-electron chi connectivity index (χ0n) is 17.1. The van der Waals surface area contributed by atoms with E-state index in [0.29, 0.717) is 37.6 Å². The van der Waals surface area contributed by atoms with Gasteiger partial charge in [-0.3, -0.25) is 19.7 Å². The minimum atomic E-state index is -0.00277. The highest BCUT2D eigenvalue weighted by Crippen LogP contribution is 2.27. The molecule has 31 heavy (non-hydrogen) atoms. The van der Waals surface area contributed by atoms with Crippen molar-refractivity contribution >= 4 is 45.1 Å². The van der Waals surface area contributed by atoms with Crippen LogP contribution in [-0.2, 0) is 4.79 Å². The van der Waals surface area contributed by atoms with Crippen LogP contribution in [0, 0.1) is 0 Å². The van der Waals surface area contributed by atoms with E-state index in [9.17, 15) is 9.59 Å². The van der Waals surface area contributed by atoms with Crippen molar-refractivity contribution in [3.63, 3.8) is 0 Å². The molecule has 0 unspecified atom stereocenters. The molecule has 0 spiro atoms. The van der Waals surface area contributed by atoms with Crippen LogP contribution in [0.25, 0.3) is 21.8 Å². The van der Waals surface area contributed by atoms with E-state index in [1.54, 1.807) is 18.0 Å². The van der Waals surface area contributed by atoms with E-state index in [4.69, 9.17) is 0 Å². The minimum Gasteiger partial charge on any atom is -0.339 e. The summed E-state index contributed by atoms with van der Waals surface area (Å²) in [5.41, 5.74) is 3.18. The van der Waals surface area contributed by atoms with Crippen LogP contribution in [0.2, 0.25) is 0 Å². The van der Waals surface area contributed by atoms with Gasteiger partial charge in [-0.2, -0.15) is 5.10 Å². The van der Waals surface area contributed by atoms with Crippen LogP contribution in [0.3, 0.4) is 0 Å². The van der Waals surface area contributed by atoms with Gasteiger partial charge < -0.3 is 15.1 Å². The van der Waals surface area contributed by atoms with Crippen molar-refractivity contribution in [2.24, 2.45) is 0 Å². The summed E-state index contributed by atoms with van der Waals surface area (Å²) in [6.07, 6.45) is 1.73. The lowest BCUT2D eigenvalue weighted by Crippen LogP contribution is -2.50. The summed E-state index contributed by atoms with van der Waals surface area (Å²) >= 11 is 0. The molecule has 0 bridgehead atoms. The Kier molecular flexibility index (Phi) is 4.74. The summed E-state index contributed by atoms with van der Waals surface area (Å²) in [7, 11) is 0. The van der Waals surface area contributed by atoms with Crippen LogP contribution in [-0.4, -0.2) is 63.0 Å². The molecule has 8 heteroatoms. The average molecular weight is 414 g/mol. The molecule has 4 aromatic rings. The van der Waals surface area contributed by atoms with Gasteiger partial charge >= 0.3 is 0 Å². The van der Waals surface area contributed by atoms with Crippen molar-refractivity contribution in [3.8, 4) is 0 Å². The molecule has 0 aliphatic carbocycles. The second-order valence-electron chi connectivity index (χ2n) is 7.64. The maximum absolute atomic E-state index is 13.2. The van der Waals surface area contributed by atoms with Crippen molar-refractivity contribution in [2.75, 3.05) is 31.5 Å². The van der Waals surface area contributed by atoms with Crippen LogP contribution in [0.4, 0.5) is 11.5 Å². The van der Waals surface area contributed by atoms with Crippen molar-refractivity contribution in [3.05, 3.63) is 60.3 Å². The zero-order valence-corrected chi connectivity index (χ0v) is 17.1. The van der Waals surface area contributed by atoms with Gasteiger partial charge in [-0.1, -0.05) is 18.2 Å². The number of hydrogen-bond acceptors (Lipinski definition) is 5. The van der Waals surface area contributed by atoms with Crippen molar-refractivity contribution in [2.45, 2.75) is 6.92 Å². The average Bonchev–Trinajstić information content (AvgIpc) is 3.21. The standard InChI is InChI=1S/C23H22N6O2/c1-15(30)28-10-12-29(13-11-28)23(31)19-5-2-4-16-14-17(7-8-18(16)19)25-22-21-20(26-27-22)6-3-9-24-21/h2-9,14H,10-13H2,1H3,(H2,25,26,27). The van der Waals surface area contributed by atoms with E-state index in [1.165, 1.54) is 0 Å². The molecule has 2 amide bonds. The first-order chi connectivity index (χ1) is 15.1. The van der Waals surface area contributed by atoms with Gasteiger partial charge in [0.2, 0.25) is 5.91 Å². The molecule has 1 aliphatic rings. The molecule has 0 atom stereocenters. The first-order valence-electron chi connectivity index (χ1n) is 10.2. The molecule has 1 aliphatic heterocycles. The predicted molar refractivity (Wildman–Crippen MR) is 119 cm³/mol. The number of carbonyl (C=O) groups is 2. The quantitative estimate of drug-likeness (QED) is 0.537. The lowest BCUT2D eigenvalue weighted by molar-refractivity contribution is -0.130. The van der Waals surface area contributed by atoms with Crippen molar-refractivity contribution in [1.82, 2.24) is 25.0 Å². The molecule has 2 N–H and O–H groups in total. The predicted octanol–water partition coefficient (Wildman–Crippen LogP) is 3.16. The smallest absolute Gasteiger partial charge is 0.254 e. The van der Waals surface area contributed by atoms with Crippen LogP contribution < -0.4 is 5.32 Å². The van der Waals surface area contributed by atoms with Crippen LogP contribution in [0.15, 0.2) is 54.7 Å². The van der Waals surface area contributed by atoms with Gasteiger partial charge in [-0.05, 0) is 41.1 Å². The highest BCUT2D eigenvalue weighted by molar-refractivity contribution is 6.07. The molecule has 0 saturated carbocycles. The van der Waals surface area contributed by atoms with E-state index in [2.05, 4.69) is 20.5 Å². The van der Waals surface area contributed by atoms with E-state index in [1.807, 2.05) is 53.4 Å². The number of aromatic amines is 1. The van der Waals surface area contributed by atoms with Gasteiger partial charge in [0.05, 0.1) is 5.52 Å². The molecule has 5 rings (SSSR count). The Morgan fingerprint density at radius 1 is 1.00 bits per heavy atom. The third-order valence-corrected chi connectivity index (χ3v) is 5.71. The van der Waals surface area contributed by atoms with Crippen molar-refractivity contribution in [1.29, 1.82) is 0 Å². The second-order valence-corrected chi connectivity index (χ2v) is 7.64. The number of benzene rings is 2. The molecule has 1 saturated heterocycles. The van der Waals surface area contributed by atoms with E-state index < -0.39 is 0 Å². The maximum atomic E-state index is 13.2. The molecule has 1 fully saturated rings. The number of anilines is 2. The normalized spacial score (nSPS) is 14.2. The highest BCUT2D eigenvalue weighted by Gasteiger charge is 2.24. The van der Waals surface area contributed by atoms with Gasteiger partial charge in [-0.25, -0.2) is 0 Å². The van der Waals surface area contributed by atoms with Crippen LogP contribution in [0.5, 0.6) is 0 Å². The number of rotatable bonds is 3. The molecule has 2 aromatic heterocycles. The first-order valence-corrected chi connectivity index (χ1v) is 10.2. The number of fused-ring (bicyclic) bond motifs is 2. The Balaban J connectivity index is 1.40. The van der Waals surface area contributed by atoms with E-state index >= 15 is 0 Å². The van der Waals surface area contributed by atoms with Gasteiger partial charge in [-0.15, -0.1) is 0 Å². The largest absolute Gasteiger partial charge is 0.339 e. The molecule has 156 valence electrons. The monoisotopic (exact) mass is 414 g/mol. The maximum Gasteiger partial charge on any atom is 0.254 e. The molecular formula is C23H22N6O2. The number of piperazine rings is 1. The second kappa shape index (κ2) is 7.71. The number of nitrogens with zero attached hydrogens (tertiary/aromatic N) is 4. The van der Waals surface area contributed by atoms with Crippen molar-refractivity contribution < 1.29 is 9.59 Å². The molecular weight excluding hydrogens is 392 g/mol. The number of pyridine rings is 1. The zero-order chi connectivity index (χ0) is 21.4. The SMILES string of the molecule is CC(=O)N1CCN(C(=O)c2cccc3cc(Nc4n[nH]c5cccnc45)ccc23)CC1. The van der Waals surface area contributed by atoms with Gasteiger partial charge in [0.15, 0.2) is 5.82 Å². The van der Waals surface area contributed by atoms with Gasteiger partial charge in [0, 0.05) is 50.6 Å². The summed E-state index contributed by atoms with van der Waals surface area (Å²) in [4.78, 5) is 32.7. The summed E-state index contributed by atoms with van der Waals surface area (Å²) < 4.78 is 0. The Morgan fingerprint density at radius 2 is 1.81 bits per heavy atom. The lowest BCUT2D eigenvalue weighted by Gasteiger charge is -2.34. The third-order valence-electron chi connectivity index (χ3n) is 5.71. The Bertz CT molecular complexity index is 1290. The summed E-state index contributed by atoms with van der Waals surface area (Å²) in [5, 5.41) is 12.4. The van der Waals surface area contributed by atoms with E-state index in [-0.39, 0.29) is 11.8 Å². The van der Waals surface area contributed by atoms with Crippen LogP contribution >= 0.6 is 0 Å². The molecule has 8 nitrogen and oxygen atoms in total. The molecule has 3 heterocycles. The fraction of sp³-hybridized carbons (Fsp3) is 0.217. The Morgan fingerprint density at radius 3 is 2.61 bits per heavy atom. The first kappa shape index (κ1) is 19.0. The third kappa shape index (κ3) is 3.56. The summed E-state index contributed by atoms with van der Waals surface area (Å²) in [5.74, 6) is 0.708. The van der Waals surface area contributed by atoms with Gasteiger partial charge in [0.1, 0.15) is 5.52 Å². The number of aromatic nitrogens is 3. The molecule has 0 radical (unpaired) electrons. The number of amides is 2. The summed E-state index contributed by atoms with van der Waals surface area (Å²) in [6, 6.07) is 15.4. The van der Waals surface area contributed by atoms with Gasteiger partial charge in [0.25, 0.3) is 5.91 Å². The fourth-order valence-electron chi connectivity index (χ4n) is 4.02. The topological polar surface area (TPSA) is 94.2 Å². The lowest BCUT2D eigenvalue weighted by atomic mass is 10.0. The van der Waals surface area contributed by atoms with Crippen LogP contribution in [0.1, 0.15) is 17.3 Å². The highest BCUT2D eigenvalue weighted by atomic mass is 16.2. The molecule has 2 aromatic carbocycles. The number of nitrogens with one attached hydrogen (secondary N) is 2. The minimum absolute atomic E-state index is 0.00277. The Labute approximate surface area is 178 Å². The Hall–Kier alpha value is -3.94.